The molecule has 116 valence electrons. The fourth-order valence-electron chi connectivity index (χ4n) is 1.73. The van der Waals surface area contributed by atoms with Crippen molar-refractivity contribution in [2.45, 2.75) is 0 Å². The molecule has 1 aliphatic heterocycles. The molecule has 0 unspecified atom stereocenters. The second-order valence-corrected chi connectivity index (χ2v) is 4.70. The summed E-state index contributed by atoms with van der Waals surface area (Å²) < 4.78 is 4.44. The first-order valence-electron chi connectivity index (χ1n) is 6.24. The third kappa shape index (κ3) is 4.45. The van der Waals surface area contributed by atoms with Gasteiger partial charge in [-0.3, -0.25) is 19.7 Å². The van der Waals surface area contributed by atoms with Crippen molar-refractivity contribution < 1.29 is 19.2 Å². The quantitative estimate of drug-likeness (QED) is 0.480. The molecule has 2 aromatic carbocycles. The minimum Gasteiger partial charge on any atom is -0.429 e. The number of non-ortho nitro benzene ring substituents is 1. The van der Waals surface area contributed by atoms with Crippen molar-refractivity contribution in [2.24, 2.45) is 4.99 Å². The molecule has 2 aromatic rings. The van der Waals surface area contributed by atoms with Gasteiger partial charge in [-0.05, 0) is 30.3 Å². The Morgan fingerprint density at radius 3 is 2.48 bits per heavy atom. The van der Waals surface area contributed by atoms with Gasteiger partial charge in [0.15, 0.2) is 0 Å². The van der Waals surface area contributed by atoms with Crippen molar-refractivity contribution in [3.05, 3.63) is 68.2 Å². The maximum Gasteiger partial charge on any atom is 0.298 e. The molecule has 0 radical (unpaired) electrons. The van der Waals surface area contributed by atoms with Crippen molar-refractivity contribution in [1.29, 1.82) is 0 Å². The lowest BCUT2D eigenvalue weighted by Gasteiger charge is -1.94. The van der Waals surface area contributed by atoms with Crippen LogP contribution in [0.3, 0.4) is 0 Å². The average molecular weight is 333 g/mol. The van der Waals surface area contributed by atoms with E-state index in [-0.39, 0.29) is 23.8 Å². The Kier molecular flexibility index (Phi) is 5.16. The molecule has 3 rings (SSSR count). The van der Waals surface area contributed by atoms with Gasteiger partial charge >= 0.3 is 0 Å². The van der Waals surface area contributed by atoms with Crippen LogP contribution in [-0.4, -0.2) is 17.3 Å². The second kappa shape index (κ2) is 7.28. The Balaban J connectivity index is 0.000000167. The van der Waals surface area contributed by atoms with Gasteiger partial charge in [0.2, 0.25) is 0 Å². The second-order valence-electron chi connectivity index (χ2n) is 4.26. The van der Waals surface area contributed by atoms with Gasteiger partial charge < -0.3 is 4.74 Å². The maximum absolute atomic E-state index is 10.7. The summed E-state index contributed by atoms with van der Waals surface area (Å²) in [5.74, 6) is 0.0814. The Hall–Kier alpha value is -3.06. The normalized spacial score (nSPS) is 11.3. The van der Waals surface area contributed by atoms with Gasteiger partial charge in [-0.1, -0.05) is 11.6 Å². The number of hydrogen-bond donors (Lipinski definition) is 0. The molecule has 1 amide bonds. The van der Waals surface area contributed by atoms with Crippen LogP contribution >= 0.6 is 11.6 Å². The first-order chi connectivity index (χ1) is 11.0. The number of fused-ring (bicyclic) bond motifs is 1. The summed E-state index contributed by atoms with van der Waals surface area (Å²) in [4.78, 5) is 34.0. The van der Waals surface area contributed by atoms with Crippen LogP contribution in [0.25, 0.3) is 6.08 Å². The lowest BCUT2D eigenvalue weighted by molar-refractivity contribution is -0.384. The number of hydrogen-bond acceptors (Lipinski definition) is 5. The van der Waals surface area contributed by atoms with Crippen molar-refractivity contribution in [3.63, 3.8) is 0 Å². The standard InChI is InChI=1S/C8H4ClNO.C7H5NO4/c9-6-1-2-7-5(3-6)4-8(11)10-7;9-5-12-7-3-1-6(2-4-7)8(10)11/h1-4H;1-5H. The summed E-state index contributed by atoms with van der Waals surface area (Å²) in [6.07, 6.45) is 1.47. The summed E-state index contributed by atoms with van der Waals surface area (Å²) in [6, 6.07) is 10.4. The van der Waals surface area contributed by atoms with Gasteiger partial charge in [0.25, 0.3) is 18.1 Å². The van der Waals surface area contributed by atoms with Crippen LogP contribution in [0.15, 0.2) is 47.5 Å². The van der Waals surface area contributed by atoms with E-state index in [1.807, 2.05) is 0 Å². The topological polar surface area (TPSA) is 98.9 Å². The zero-order chi connectivity index (χ0) is 16.8. The molecule has 8 heteroatoms. The molecule has 0 saturated carbocycles. The van der Waals surface area contributed by atoms with Gasteiger partial charge in [0.05, 0.1) is 10.3 Å². The summed E-state index contributed by atoms with van der Waals surface area (Å²) in [5.41, 5.74) is -0.0340. The lowest BCUT2D eigenvalue weighted by atomic mass is 10.3. The monoisotopic (exact) mass is 332 g/mol. The fourth-order valence-corrected chi connectivity index (χ4v) is 1.91. The first kappa shape index (κ1) is 16.3. The third-order valence-electron chi connectivity index (χ3n) is 2.73. The van der Waals surface area contributed by atoms with E-state index in [1.54, 1.807) is 18.2 Å². The predicted octanol–water partition coefficient (Wildman–Crippen LogP) is 1.41. The van der Waals surface area contributed by atoms with Crippen LogP contribution in [0.5, 0.6) is 5.75 Å². The number of nitro groups is 1. The van der Waals surface area contributed by atoms with Crippen LogP contribution in [0.2, 0.25) is 5.02 Å². The van der Waals surface area contributed by atoms with Gasteiger partial charge in [-0.15, -0.1) is 0 Å². The number of ether oxygens (including phenoxy) is 1. The van der Waals surface area contributed by atoms with E-state index < -0.39 is 4.92 Å². The zero-order valence-corrected chi connectivity index (χ0v) is 12.3. The number of carbonyl (C=O) groups is 2. The predicted molar refractivity (Wildman–Crippen MR) is 81.5 cm³/mol. The smallest absolute Gasteiger partial charge is 0.298 e. The molecule has 0 fully saturated rings. The van der Waals surface area contributed by atoms with Crippen molar-refractivity contribution in [3.8, 4) is 5.75 Å². The van der Waals surface area contributed by atoms with Crippen molar-refractivity contribution >= 4 is 35.7 Å². The molecule has 1 heterocycles. The third-order valence-corrected chi connectivity index (χ3v) is 2.97. The summed E-state index contributed by atoms with van der Waals surface area (Å²) >= 11 is 5.70. The highest BCUT2D eigenvalue weighted by molar-refractivity contribution is 6.30. The van der Waals surface area contributed by atoms with E-state index in [0.717, 1.165) is 5.22 Å². The van der Waals surface area contributed by atoms with Crippen LogP contribution in [0.1, 0.15) is 0 Å². The maximum atomic E-state index is 10.7. The largest absolute Gasteiger partial charge is 0.429 e. The average Bonchev–Trinajstić information content (AvgIpc) is 2.88. The number of carbonyl (C=O) groups excluding carboxylic acids is 2. The highest BCUT2D eigenvalue weighted by Gasteiger charge is 2.03. The minimum absolute atomic E-state index is 0.0340. The molecule has 7 nitrogen and oxygen atoms in total. The summed E-state index contributed by atoms with van der Waals surface area (Å²) in [7, 11) is 0. The molecular formula is C15H9ClN2O5. The molecule has 23 heavy (non-hydrogen) atoms. The van der Waals surface area contributed by atoms with E-state index >= 15 is 0 Å². The Labute approximate surface area is 134 Å². The molecule has 1 aliphatic rings. The number of benzene rings is 2. The van der Waals surface area contributed by atoms with Crippen molar-refractivity contribution in [1.82, 2.24) is 0 Å². The Morgan fingerprint density at radius 2 is 1.87 bits per heavy atom. The minimum atomic E-state index is -0.523. The molecule has 0 aromatic heterocycles. The molecule has 0 N–H and O–H groups in total. The van der Waals surface area contributed by atoms with Gasteiger partial charge in [0.1, 0.15) is 5.75 Å². The molecule has 0 bridgehead atoms. The van der Waals surface area contributed by atoms with Crippen LogP contribution in [0, 0.1) is 10.1 Å². The van der Waals surface area contributed by atoms with Crippen LogP contribution < -0.4 is 15.3 Å². The number of amides is 1. The number of halogens is 1. The summed E-state index contributed by atoms with van der Waals surface area (Å²) in [6.45, 7) is 0.265. The number of rotatable bonds is 3. The Bertz CT molecular complexity index is 878. The molecule has 0 atom stereocenters. The van der Waals surface area contributed by atoms with E-state index in [0.29, 0.717) is 10.4 Å². The van der Waals surface area contributed by atoms with Gasteiger partial charge in [-0.25, -0.2) is 4.99 Å². The van der Waals surface area contributed by atoms with Crippen LogP contribution in [0.4, 0.5) is 5.69 Å². The molecular weight excluding hydrogens is 324 g/mol. The molecule has 0 saturated heterocycles. The fraction of sp³-hybridized carbons (Fsp3) is 0. The van der Waals surface area contributed by atoms with Crippen molar-refractivity contribution in [2.75, 3.05) is 0 Å². The first-order valence-corrected chi connectivity index (χ1v) is 6.62. The SMILES string of the molecule is O=C1C=c2cc(Cl)ccc2=N1.O=COc1ccc([N+](=O)[O-])cc1. The van der Waals surface area contributed by atoms with E-state index in [4.69, 9.17) is 11.6 Å². The van der Waals surface area contributed by atoms with Gasteiger partial charge in [0, 0.05) is 28.5 Å². The summed E-state index contributed by atoms with van der Waals surface area (Å²) in [5, 5.41) is 12.3. The van der Waals surface area contributed by atoms with E-state index in [9.17, 15) is 19.7 Å². The molecule has 0 aliphatic carbocycles. The van der Waals surface area contributed by atoms with E-state index in [2.05, 4.69) is 9.73 Å². The number of nitrogens with zero attached hydrogens (tertiary/aromatic N) is 2. The lowest BCUT2D eigenvalue weighted by Crippen LogP contribution is -2.20. The number of nitro benzene ring substituents is 1. The van der Waals surface area contributed by atoms with Gasteiger partial charge in [-0.2, -0.15) is 0 Å². The van der Waals surface area contributed by atoms with E-state index in [1.165, 1.54) is 30.3 Å². The highest BCUT2D eigenvalue weighted by atomic mass is 35.5. The molecule has 0 spiro atoms. The highest BCUT2D eigenvalue weighted by Crippen LogP contribution is 2.16. The van der Waals surface area contributed by atoms with Crippen LogP contribution in [-0.2, 0) is 9.59 Å². The zero-order valence-electron chi connectivity index (χ0n) is 11.5. The Morgan fingerprint density at radius 1 is 1.17 bits per heavy atom.